The van der Waals surface area contributed by atoms with Crippen molar-refractivity contribution in [2.24, 2.45) is 0 Å². The molecule has 0 amide bonds. The van der Waals surface area contributed by atoms with Crippen molar-refractivity contribution < 1.29 is 9.84 Å². The van der Waals surface area contributed by atoms with Crippen LogP contribution >= 0.6 is 0 Å². The van der Waals surface area contributed by atoms with Gasteiger partial charge < -0.3 is 15.6 Å². The molecule has 1 aromatic heterocycles. The van der Waals surface area contributed by atoms with E-state index in [2.05, 4.69) is 15.2 Å². The minimum Gasteiger partial charge on any atom is -0.504 e. The Morgan fingerprint density at radius 1 is 1.23 bits per heavy atom. The van der Waals surface area contributed by atoms with Crippen molar-refractivity contribution in [2.45, 2.75) is 6.92 Å². The second kappa shape index (κ2) is 5.77. The number of rotatable bonds is 4. The lowest BCUT2D eigenvalue weighted by Crippen LogP contribution is -1.92. The van der Waals surface area contributed by atoms with Gasteiger partial charge in [0.15, 0.2) is 23.1 Å². The van der Waals surface area contributed by atoms with Crippen molar-refractivity contribution in [3.8, 4) is 34.3 Å². The van der Waals surface area contributed by atoms with Crippen LogP contribution in [0.5, 0.6) is 11.5 Å². The van der Waals surface area contributed by atoms with Crippen LogP contribution in [-0.4, -0.2) is 26.9 Å². The Kier molecular flexibility index (Phi) is 3.65. The molecule has 0 bridgehead atoms. The molecule has 0 saturated heterocycles. The zero-order chi connectivity index (χ0) is 15.5. The van der Waals surface area contributed by atoms with Gasteiger partial charge in [0.05, 0.1) is 6.61 Å². The molecule has 6 heteroatoms. The molecule has 3 aromatic rings. The molecule has 22 heavy (non-hydrogen) atoms. The number of aromatic amines is 1. The van der Waals surface area contributed by atoms with Crippen molar-refractivity contribution in [3.63, 3.8) is 0 Å². The second-order valence-electron chi connectivity index (χ2n) is 4.71. The van der Waals surface area contributed by atoms with Gasteiger partial charge in [-0.15, -0.1) is 0 Å². The van der Waals surface area contributed by atoms with Crippen LogP contribution in [0, 0.1) is 0 Å². The summed E-state index contributed by atoms with van der Waals surface area (Å²) >= 11 is 0. The highest BCUT2D eigenvalue weighted by molar-refractivity contribution is 5.72. The van der Waals surface area contributed by atoms with Crippen molar-refractivity contribution in [1.29, 1.82) is 0 Å². The molecule has 0 radical (unpaired) electrons. The third kappa shape index (κ3) is 2.58. The molecule has 0 aliphatic heterocycles. The highest BCUT2D eigenvalue weighted by Gasteiger charge is 2.12. The number of nitrogens with one attached hydrogen (secondary N) is 1. The summed E-state index contributed by atoms with van der Waals surface area (Å²) in [5, 5.41) is 16.8. The van der Waals surface area contributed by atoms with Crippen LogP contribution in [0.1, 0.15) is 6.92 Å². The molecular weight excluding hydrogens is 280 g/mol. The van der Waals surface area contributed by atoms with Crippen LogP contribution in [-0.2, 0) is 0 Å². The molecule has 0 saturated carbocycles. The van der Waals surface area contributed by atoms with E-state index < -0.39 is 0 Å². The fraction of sp³-hybridized carbons (Fsp3) is 0.125. The number of para-hydroxylation sites is 1. The van der Waals surface area contributed by atoms with Gasteiger partial charge in [-0.3, -0.25) is 5.10 Å². The number of benzene rings is 2. The number of H-pyrrole nitrogens is 1. The first-order chi connectivity index (χ1) is 10.7. The lowest BCUT2D eigenvalue weighted by Gasteiger charge is -2.06. The molecule has 4 N–H and O–H groups in total. The largest absolute Gasteiger partial charge is 0.504 e. The Labute approximate surface area is 127 Å². The van der Waals surface area contributed by atoms with E-state index in [4.69, 9.17) is 10.5 Å². The van der Waals surface area contributed by atoms with Gasteiger partial charge in [-0.25, -0.2) is 4.98 Å². The van der Waals surface area contributed by atoms with Crippen LogP contribution in [0.4, 0.5) is 5.69 Å². The molecule has 112 valence electrons. The Bertz CT molecular complexity index is 798. The van der Waals surface area contributed by atoms with E-state index >= 15 is 0 Å². The van der Waals surface area contributed by atoms with Gasteiger partial charge >= 0.3 is 0 Å². The quantitative estimate of drug-likeness (QED) is 0.643. The van der Waals surface area contributed by atoms with E-state index in [1.807, 2.05) is 31.2 Å². The van der Waals surface area contributed by atoms with Crippen LogP contribution in [0.3, 0.4) is 0 Å². The first kappa shape index (κ1) is 13.9. The topological polar surface area (TPSA) is 97.0 Å². The predicted octanol–water partition coefficient (Wildman–Crippen LogP) is 2.83. The first-order valence-corrected chi connectivity index (χ1v) is 6.92. The van der Waals surface area contributed by atoms with E-state index in [9.17, 15) is 5.11 Å². The van der Waals surface area contributed by atoms with E-state index in [-0.39, 0.29) is 5.75 Å². The predicted molar refractivity (Wildman–Crippen MR) is 84.5 cm³/mol. The number of aromatic nitrogens is 3. The van der Waals surface area contributed by atoms with E-state index in [1.54, 1.807) is 18.2 Å². The van der Waals surface area contributed by atoms with Gasteiger partial charge in [0, 0.05) is 16.8 Å². The van der Waals surface area contributed by atoms with E-state index in [1.165, 1.54) is 0 Å². The average Bonchev–Trinajstić information content (AvgIpc) is 3.00. The number of aromatic hydroxyl groups is 1. The lowest BCUT2D eigenvalue weighted by atomic mass is 10.1. The van der Waals surface area contributed by atoms with E-state index in [0.29, 0.717) is 29.7 Å². The molecule has 0 aliphatic carbocycles. The average molecular weight is 296 g/mol. The summed E-state index contributed by atoms with van der Waals surface area (Å²) in [7, 11) is 0. The number of phenolic OH excluding ortho intramolecular Hbond substituents is 1. The van der Waals surface area contributed by atoms with Gasteiger partial charge in [-0.05, 0) is 37.3 Å². The molecule has 0 atom stereocenters. The first-order valence-electron chi connectivity index (χ1n) is 6.92. The molecule has 0 unspecified atom stereocenters. The standard InChI is InChI=1S/C16H16N4O2/c1-2-22-14-9-10(7-8-13(14)21)15-18-16(20-19-15)11-5-3-4-6-12(11)17/h3-9,21H,2,17H2,1H3,(H,18,19,20). The fourth-order valence-electron chi connectivity index (χ4n) is 2.15. The number of nitrogens with zero attached hydrogens (tertiary/aromatic N) is 2. The van der Waals surface area contributed by atoms with Crippen molar-refractivity contribution in [3.05, 3.63) is 42.5 Å². The Balaban J connectivity index is 1.97. The van der Waals surface area contributed by atoms with Crippen molar-refractivity contribution in [2.75, 3.05) is 12.3 Å². The SMILES string of the molecule is CCOc1cc(-c2n[nH]c(-c3ccccc3N)n2)ccc1O. The summed E-state index contributed by atoms with van der Waals surface area (Å²) in [5.74, 6) is 1.61. The van der Waals surface area contributed by atoms with Crippen molar-refractivity contribution in [1.82, 2.24) is 15.2 Å². The fourth-order valence-corrected chi connectivity index (χ4v) is 2.15. The van der Waals surface area contributed by atoms with Gasteiger partial charge in [0.25, 0.3) is 0 Å². The number of nitrogens with two attached hydrogens (primary N) is 1. The van der Waals surface area contributed by atoms with Gasteiger partial charge in [0.2, 0.25) is 0 Å². The summed E-state index contributed by atoms with van der Waals surface area (Å²) in [6, 6.07) is 12.5. The van der Waals surface area contributed by atoms with Crippen LogP contribution in [0.25, 0.3) is 22.8 Å². The Hall–Kier alpha value is -3.02. The van der Waals surface area contributed by atoms with Crippen LogP contribution in [0.15, 0.2) is 42.5 Å². The molecule has 6 nitrogen and oxygen atoms in total. The van der Waals surface area contributed by atoms with Crippen molar-refractivity contribution >= 4 is 5.69 Å². The minimum absolute atomic E-state index is 0.0914. The summed E-state index contributed by atoms with van der Waals surface area (Å²) in [5.41, 5.74) is 8.12. The summed E-state index contributed by atoms with van der Waals surface area (Å²) < 4.78 is 5.37. The monoisotopic (exact) mass is 296 g/mol. The third-order valence-corrected chi connectivity index (χ3v) is 3.22. The molecular formula is C16H16N4O2. The summed E-state index contributed by atoms with van der Waals surface area (Å²) in [6.45, 7) is 2.33. The molecule has 0 fully saturated rings. The lowest BCUT2D eigenvalue weighted by molar-refractivity contribution is 0.318. The highest BCUT2D eigenvalue weighted by atomic mass is 16.5. The second-order valence-corrected chi connectivity index (χ2v) is 4.71. The molecule has 1 heterocycles. The Morgan fingerprint density at radius 2 is 2.05 bits per heavy atom. The normalized spacial score (nSPS) is 10.6. The Morgan fingerprint density at radius 3 is 2.82 bits per heavy atom. The maximum atomic E-state index is 9.74. The zero-order valence-corrected chi connectivity index (χ0v) is 12.1. The smallest absolute Gasteiger partial charge is 0.181 e. The number of anilines is 1. The van der Waals surface area contributed by atoms with Gasteiger partial charge in [0.1, 0.15) is 0 Å². The zero-order valence-electron chi connectivity index (χ0n) is 12.1. The molecule has 0 spiro atoms. The number of hydrogen-bond acceptors (Lipinski definition) is 5. The third-order valence-electron chi connectivity index (χ3n) is 3.22. The molecule has 0 aliphatic rings. The number of nitrogen functional groups attached to an aromatic ring is 1. The maximum absolute atomic E-state index is 9.74. The van der Waals surface area contributed by atoms with Crippen LogP contribution in [0.2, 0.25) is 0 Å². The molecule has 2 aromatic carbocycles. The maximum Gasteiger partial charge on any atom is 0.181 e. The number of hydrogen-bond donors (Lipinski definition) is 3. The van der Waals surface area contributed by atoms with Gasteiger partial charge in [-0.1, -0.05) is 12.1 Å². The molecule has 3 rings (SSSR count). The minimum atomic E-state index is 0.0914. The van der Waals surface area contributed by atoms with E-state index in [0.717, 1.165) is 11.1 Å². The summed E-state index contributed by atoms with van der Waals surface area (Å²) in [6.07, 6.45) is 0. The number of ether oxygens (including phenoxy) is 1. The highest BCUT2D eigenvalue weighted by Crippen LogP contribution is 2.31. The van der Waals surface area contributed by atoms with Gasteiger partial charge in [-0.2, -0.15) is 5.10 Å². The number of phenols is 1. The van der Waals surface area contributed by atoms with Crippen LogP contribution < -0.4 is 10.5 Å². The summed E-state index contributed by atoms with van der Waals surface area (Å²) in [4.78, 5) is 4.46.